The number of rotatable bonds is 1. The van der Waals surface area contributed by atoms with E-state index >= 15 is 0 Å². The van der Waals surface area contributed by atoms with Gasteiger partial charge in [0, 0.05) is 16.3 Å². The second-order valence-corrected chi connectivity index (χ2v) is 6.24. The summed E-state index contributed by atoms with van der Waals surface area (Å²) in [6, 6.07) is 27.7. The molecule has 2 heteroatoms. The quantitative estimate of drug-likeness (QED) is 0.393. The van der Waals surface area contributed by atoms with Gasteiger partial charge in [0.25, 0.3) is 0 Å². The van der Waals surface area contributed by atoms with Crippen LogP contribution < -0.4 is 0 Å². The maximum Gasteiger partial charge on any atom is 0.145 e. The Bertz CT molecular complexity index is 1200. The minimum Gasteiger partial charge on any atom is -0.293 e. The van der Waals surface area contributed by atoms with Gasteiger partial charge in [-0.1, -0.05) is 66.2 Å². The van der Waals surface area contributed by atoms with Crippen LogP contribution in [0.3, 0.4) is 0 Å². The molecule has 0 aliphatic heterocycles. The molecule has 0 unspecified atom stereocenters. The van der Waals surface area contributed by atoms with E-state index in [9.17, 15) is 0 Å². The van der Waals surface area contributed by atoms with Crippen LogP contribution in [-0.4, -0.2) is 9.38 Å². The van der Waals surface area contributed by atoms with Gasteiger partial charge in [-0.05, 0) is 25.1 Å². The average Bonchev–Trinajstić information content (AvgIpc) is 3.02. The van der Waals surface area contributed by atoms with Gasteiger partial charge in [-0.3, -0.25) is 4.40 Å². The van der Waals surface area contributed by atoms with Gasteiger partial charge >= 0.3 is 0 Å². The Kier molecular flexibility index (Phi) is 2.74. The lowest BCUT2D eigenvalue weighted by Crippen LogP contribution is -1.97. The lowest BCUT2D eigenvalue weighted by Gasteiger charge is -2.10. The summed E-state index contributed by atoms with van der Waals surface area (Å²) in [6.45, 7) is 2.11. The zero-order valence-corrected chi connectivity index (χ0v) is 13.4. The van der Waals surface area contributed by atoms with Crippen LogP contribution in [0.25, 0.3) is 38.7 Å². The van der Waals surface area contributed by atoms with Gasteiger partial charge in [-0.25, -0.2) is 4.98 Å². The first kappa shape index (κ1) is 13.3. The van der Waals surface area contributed by atoms with Gasteiger partial charge < -0.3 is 0 Å². The summed E-state index contributed by atoms with van der Waals surface area (Å²) in [4.78, 5) is 4.99. The standard InChI is InChI=1S/C22H16N2/c1-15-10-12-16(13-11-15)22-23-19-8-4-3-7-18(19)21-14-17-6-2-5-9-20(17)24(21)22/h2-14H,1H3. The molecule has 114 valence electrons. The first-order valence-electron chi connectivity index (χ1n) is 8.17. The van der Waals surface area contributed by atoms with E-state index in [1.165, 1.54) is 27.4 Å². The summed E-state index contributed by atoms with van der Waals surface area (Å²) in [5.74, 6) is 0.991. The minimum absolute atomic E-state index is 0.991. The number of fused-ring (bicyclic) bond motifs is 5. The maximum absolute atomic E-state index is 4.99. The van der Waals surface area contributed by atoms with Crippen LogP contribution in [-0.2, 0) is 0 Å². The molecule has 0 aliphatic rings. The third-order valence-electron chi connectivity index (χ3n) is 4.64. The molecule has 0 fully saturated rings. The van der Waals surface area contributed by atoms with Crippen molar-refractivity contribution in [1.82, 2.24) is 9.38 Å². The summed E-state index contributed by atoms with van der Waals surface area (Å²) in [5, 5.41) is 2.42. The molecular weight excluding hydrogens is 292 g/mol. The van der Waals surface area contributed by atoms with Crippen molar-refractivity contribution in [2.75, 3.05) is 0 Å². The zero-order valence-electron chi connectivity index (χ0n) is 13.4. The number of aromatic nitrogens is 2. The topological polar surface area (TPSA) is 17.3 Å². The Hall–Kier alpha value is -3.13. The van der Waals surface area contributed by atoms with Gasteiger partial charge in [-0.2, -0.15) is 0 Å². The Labute approximate surface area is 140 Å². The molecule has 2 nitrogen and oxygen atoms in total. The van der Waals surface area contributed by atoms with Gasteiger partial charge in [0.1, 0.15) is 5.82 Å². The fourth-order valence-corrected chi connectivity index (χ4v) is 3.43. The van der Waals surface area contributed by atoms with Crippen molar-refractivity contribution < 1.29 is 0 Å². The van der Waals surface area contributed by atoms with E-state index < -0.39 is 0 Å². The van der Waals surface area contributed by atoms with Gasteiger partial charge in [-0.15, -0.1) is 0 Å². The fraction of sp³-hybridized carbons (Fsp3) is 0.0455. The smallest absolute Gasteiger partial charge is 0.145 e. The van der Waals surface area contributed by atoms with Crippen molar-refractivity contribution in [1.29, 1.82) is 0 Å². The third-order valence-corrected chi connectivity index (χ3v) is 4.64. The van der Waals surface area contributed by atoms with Gasteiger partial charge in [0.15, 0.2) is 0 Å². The summed E-state index contributed by atoms with van der Waals surface area (Å²) in [5.41, 5.74) is 5.83. The molecule has 24 heavy (non-hydrogen) atoms. The van der Waals surface area contributed by atoms with Crippen LogP contribution >= 0.6 is 0 Å². The second kappa shape index (κ2) is 4.93. The van der Waals surface area contributed by atoms with E-state index in [4.69, 9.17) is 4.98 Å². The predicted octanol–water partition coefficient (Wildman–Crippen LogP) is 5.62. The van der Waals surface area contributed by atoms with E-state index in [-0.39, 0.29) is 0 Å². The fourth-order valence-electron chi connectivity index (χ4n) is 3.43. The number of aryl methyl sites for hydroxylation is 1. The van der Waals surface area contributed by atoms with Crippen molar-refractivity contribution in [2.45, 2.75) is 6.92 Å². The molecule has 0 bridgehead atoms. The van der Waals surface area contributed by atoms with Crippen molar-refractivity contribution in [2.24, 2.45) is 0 Å². The summed E-state index contributed by atoms with van der Waals surface area (Å²) >= 11 is 0. The summed E-state index contributed by atoms with van der Waals surface area (Å²) in [6.07, 6.45) is 0. The molecule has 0 N–H and O–H groups in total. The average molecular weight is 308 g/mol. The Morgan fingerprint density at radius 2 is 1.50 bits per heavy atom. The number of hydrogen-bond donors (Lipinski definition) is 0. The minimum atomic E-state index is 0.991. The number of benzene rings is 3. The molecule has 0 radical (unpaired) electrons. The molecule has 0 amide bonds. The summed E-state index contributed by atoms with van der Waals surface area (Å²) < 4.78 is 2.28. The van der Waals surface area contributed by atoms with Crippen LogP contribution in [0.4, 0.5) is 0 Å². The summed E-state index contributed by atoms with van der Waals surface area (Å²) in [7, 11) is 0. The van der Waals surface area contributed by atoms with Crippen molar-refractivity contribution in [3.63, 3.8) is 0 Å². The van der Waals surface area contributed by atoms with E-state index in [0.717, 1.165) is 16.9 Å². The van der Waals surface area contributed by atoms with E-state index in [1.54, 1.807) is 0 Å². The largest absolute Gasteiger partial charge is 0.293 e. The van der Waals surface area contributed by atoms with Crippen molar-refractivity contribution in [3.8, 4) is 11.4 Å². The molecule has 5 rings (SSSR count). The molecule has 5 aromatic rings. The van der Waals surface area contributed by atoms with E-state index in [0.29, 0.717) is 0 Å². The Balaban J connectivity index is 2.01. The molecule has 3 aromatic carbocycles. The molecule has 0 atom stereocenters. The number of nitrogens with zero attached hydrogens (tertiary/aromatic N) is 2. The molecular formula is C22H16N2. The molecule has 0 saturated heterocycles. The molecule has 2 heterocycles. The van der Waals surface area contributed by atoms with Crippen molar-refractivity contribution >= 4 is 27.3 Å². The highest BCUT2D eigenvalue weighted by Crippen LogP contribution is 2.31. The van der Waals surface area contributed by atoms with Crippen LogP contribution in [0.1, 0.15) is 5.56 Å². The Morgan fingerprint density at radius 3 is 2.38 bits per heavy atom. The first-order valence-corrected chi connectivity index (χ1v) is 8.17. The highest BCUT2D eigenvalue weighted by atomic mass is 15.0. The maximum atomic E-state index is 4.99. The van der Waals surface area contributed by atoms with Crippen LogP contribution in [0, 0.1) is 6.92 Å². The third kappa shape index (κ3) is 1.86. The van der Waals surface area contributed by atoms with Crippen LogP contribution in [0.15, 0.2) is 78.9 Å². The lowest BCUT2D eigenvalue weighted by molar-refractivity contribution is 1.17. The monoisotopic (exact) mass is 308 g/mol. The van der Waals surface area contributed by atoms with Crippen LogP contribution in [0.5, 0.6) is 0 Å². The number of hydrogen-bond acceptors (Lipinski definition) is 1. The second-order valence-electron chi connectivity index (χ2n) is 6.24. The molecule has 0 aliphatic carbocycles. The van der Waals surface area contributed by atoms with E-state index in [1.807, 2.05) is 6.07 Å². The highest BCUT2D eigenvalue weighted by Gasteiger charge is 2.13. The molecule has 0 spiro atoms. The van der Waals surface area contributed by atoms with Crippen LogP contribution in [0.2, 0.25) is 0 Å². The highest BCUT2D eigenvalue weighted by molar-refractivity contribution is 6.02. The van der Waals surface area contributed by atoms with E-state index in [2.05, 4.69) is 84.1 Å². The normalized spacial score (nSPS) is 11.5. The predicted molar refractivity (Wildman–Crippen MR) is 100 cm³/mol. The first-order chi connectivity index (χ1) is 11.8. The van der Waals surface area contributed by atoms with Crippen molar-refractivity contribution in [3.05, 3.63) is 84.4 Å². The van der Waals surface area contributed by atoms with Gasteiger partial charge in [0.2, 0.25) is 0 Å². The van der Waals surface area contributed by atoms with Gasteiger partial charge in [0.05, 0.1) is 16.6 Å². The molecule has 2 aromatic heterocycles. The lowest BCUT2D eigenvalue weighted by atomic mass is 10.1. The Morgan fingerprint density at radius 1 is 0.750 bits per heavy atom. The number of para-hydroxylation sites is 2. The SMILES string of the molecule is Cc1ccc(-c2nc3ccccc3c3cc4ccccc4n23)cc1. The molecule has 0 saturated carbocycles. The zero-order chi connectivity index (χ0) is 16.1.